The fourth-order valence-electron chi connectivity index (χ4n) is 5.12. The number of rotatable bonds is 8. The van der Waals surface area contributed by atoms with E-state index in [0.29, 0.717) is 47.0 Å². The zero-order chi connectivity index (χ0) is 27.1. The molecular formula is C27H29N9O3. The summed E-state index contributed by atoms with van der Waals surface area (Å²) in [6.07, 6.45) is 11.1. The van der Waals surface area contributed by atoms with Crippen molar-refractivity contribution in [3.05, 3.63) is 54.7 Å². The molecule has 3 aromatic heterocycles. The number of nitrogens with two attached hydrogens (primary N) is 2. The molecule has 1 unspecified atom stereocenters. The Morgan fingerprint density at radius 2 is 2.05 bits per heavy atom. The smallest absolute Gasteiger partial charge is 0.249 e. The van der Waals surface area contributed by atoms with E-state index in [1.807, 2.05) is 15.7 Å². The maximum absolute atomic E-state index is 12.9. The molecule has 0 spiro atoms. The van der Waals surface area contributed by atoms with E-state index in [9.17, 15) is 9.59 Å². The molecule has 1 aliphatic carbocycles. The van der Waals surface area contributed by atoms with Crippen LogP contribution in [0, 0.1) is 0 Å². The van der Waals surface area contributed by atoms with Crippen molar-refractivity contribution < 1.29 is 14.0 Å². The van der Waals surface area contributed by atoms with Gasteiger partial charge in [0.15, 0.2) is 5.65 Å². The van der Waals surface area contributed by atoms with E-state index in [1.165, 1.54) is 31.6 Å². The van der Waals surface area contributed by atoms with Crippen molar-refractivity contribution in [1.82, 2.24) is 34.5 Å². The zero-order valence-corrected chi connectivity index (χ0v) is 21.5. The average Bonchev–Trinajstić information content (AvgIpc) is 3.31. The Morgan fingerprint density at radius 1 is 1.21 bits per heavy atom. The van der Waals surface area contributed by atoms with Crippen molar-refractivity contribution in [3.63, 3.8) is 0 Å². The summed E-state index contributed by atoms with van der Waals surface area (Å²) in [5, 5.41) is 5.50. The number of carbonyl (C=O) groups excluding carboxylic acids is 2. The molecular weight excluding hydrogens is 498 g/mol. The van der Waals surface area contributed by atoms with Crippen LogP contribution >= 0.6 is 0 Å². The Bertz CT molecular complexity index is 1570. The van der Waals surface area contributed by atoms with Crippen LogP contribution in [0.15, 0.2) is 53.6 Å². The number of likely N-dealkylation sites (tertiary alicyclic amines) is 1. The molecule has 1 aliphatic heterocycles. The lowest BCUT2D eigenvalue weighted by atomic mass is 10.0. The van der Waals surface area contributed by atoms with Crippen LogP contribution in [0.25, 0.3) is 33.7 Å². The molecule has 12 nitrogen and oxygen atoms in total. The Morgan fingerprint density at radius 3 is 2.79 bits per heavy atom. The van der Waals surface area contributed by atoms with Gasteiger partial charge in [0, 0.05) is 37.3 Å². The number of benzene rings is 1. The van der Waals surface area contributed by atoms with Crippen LogP contribution in [0.2, 0.25) is 0 Å². The standard InChI is InChI=1S/C27H29N9O3/c1-34(17-5-6-17)10-2-3-21(37)35-11-8-18(14-35)36-26-22(24(28)31-15-32-26)23(33-36)16-4-7-19(25(29)38)20(13-16)27-30-9-12-39-27/h2-4,7,9,12-13,15,17-18H,5-6,8,10-11,14H2,1H3,(H2,29,38)(H2,28,31,32). The van der Waals surface area contributed by atoms with Crippen LogP contribution in [0.1, 0.15) is 35.7 Å². The molecule has 0 radical (unpaired) electrons. The first-order valence-electron chi connectivity index (χ1n) is 12.9. The average molecular weight is 528 g/mol. The molecule has 2 aliphatic rings. The van der Waals surface area contributed by atoms with Crippen LogP contribution in [-0.4, -0.2) is 79.1 Å². The quantitative estimate of drug-likeness (QED) is 0.327. The van der Waals surface area contributed by atoms with E-state index in [-0.39, 0.29) is 29.2 Å². The van der Waals surface area contributed by atoms with Crippen LogP contribution < -0.4 is 11.5 Å². The summed E-state index contributed by atoms with van der Waals surface area (Å²) >= 11 is 0. The number of nitrogen functional groups attached to an aromatic ring is 1. The lowest BCUT2D eigenvalue weighted by Gasteiger charge is -2.16. The Balaban J connectivity index is 1.31. The number of oxazole rings is 1. The summed E-state index contributed by atoms with van der Waals surface area (Å²) in [4.78, 5) is 41.9. The van der Waals surface area contributed by atoms with Gasteiger partial charge in [-0.1, -0.05) is 12.1 Å². The van der Waals surface area contributed by atoms with E-state index in [0.717, 1.165) is 13.0 Å². The highest BCUT2D eigenvalue weighted by atomic mass is 16.3. The molecule has 4 heterocycles. The maximum Gasteiger partial charge on any atom is 0.249 e. The van der Waals surface area contributed by atoms with Crippen molar-refractivity contribution in [3.8, 4) is 22.7 Å². The number of aromatic nitrogens is 5. The molecule has 1 atom stereocenters. The normalized spacial score (nSPS) is 17.6. The Labute approximate surface area is 224 Å². The van der Waals surface area contributed by atoms with Gasteiger partial charge in [-0.15, -0.1) is 0 Å². The summed E-state index contributed by atoms with van der Waals surface area (Å²) in [5.41, 5.74) is 14.4. The van der Waals surface area contributed by atoms with Gasteiger partial charge in [-0.25, -0.2) is 19.6 Å². The van der Waals surface area contributed by atoms with Gasteiger partial charge in [-0.2, -0.15) is 5.10 Å². The minimum atomic E-state index is -0.600. The number of carbonyl (C=O) groups is 2. The highest BCUT2D eigenvalue weighted by Crippen LogP contribution is 2.36. The van der Waals surface area contributed by atoms with E-state index >= 15 is 0 Å². The molecule has 1 aromatic carbocycles. The third kappa shape index (κ3) is 4.74. The van der Waals surface area contributed by atoms with Gasteiger partial charge in [-0.05, 0) is 38.4 Å². The topological polar surface area (TPSA) is 162 Å². The number of anilines is 1. The zero-order valence-electron chi connectivity index (χ0n) is 21.5. The number of fused-ring (bicyclic) bond motifs is 1. The van der Waals surface area contributed by atoms with Gasteiger partial charge in [0.05, 0.1) is 28.8 Å². The number of primary amides is 1. The number of nitrogens with zero attached hydrogens (tertiary/aromatic N) is 7. The number of likely N-dealkylation sites (N-methyl/N-ethyl adjacent to an activating group) is 1. The summed E-state index contributed by atoms with van der Waals surface area (Å²) in [6.45, 7) is 1.89. The molecule has 4 N–H and O–H groups in total. The van der Waals surface area contributed by atoms with Crippen LogP contribution in [-0.2, 0) is 4.79 Å². The third-order valence-corrected chi connectivity index (χ3v) is 7.38. The molecule has 12 heteroatoms. The predicted octanol–water partition coefficient (Wildman–Crippen LogP) is 2.25. The largest absolute Gasteiger partial charge is 0.445 e. The monoisotopic (exact) mass is 527 g/mol. The maximum atomic E-state index is 12.9. The first kappa shape index (κ1) is 24.7. The van der Waals surface area contributed by atoms with Gasteiger partial charge in [0.1, 0.15) is 24.1 Å². The molecule has 200 valence electrons. The van der Waals surface area contributed by atoms with Crippen molar-refractivity contribution in [2.45, 2.75) is 31.3 Å². The molecule has 1 saturated heterocycles. The van der Waals surface area contributed by atoms with Crippen molar-refractivity contribution >= 4 is 28.7 Å². The second-order valence-corrected chi connectivity index (χ2v) is 10.0. The van der Waals surface area contributed by atoms with Crippen molar-refractivity contribution in [2.75, 3.05) is 32.4 Å². The minimum Gasteiger partial charge on any atom is -0.445 e. The second-order valence-electron chi connectivity index (χ2n) is 10.0. The summed E-state index contributed by atoms with van der Waals surface area (Å²) in [6, 6.07) is 5.68. The lowest BCUT2D eigenvalue weighted by molar-refractivity contribution is -0.125. The Hall–Kier alpha value is -4.58. The summed E-state index contributed by atoms with van der Waals surface area (Å²) in [7, 11) is 2.09. The van der Waals surface area contributed by atoms with Crippen molar-refractivity contribution in [1.29, 1.82) is 0 Å². The van der Waals surface area contributed by atoms with E-state index < -0.39 is 5.91 Å². The molecule has 6 rings (SSSR count). The Kier molecular flexibility index (Phi) is 6.31. The van der Waals surface area contributed by atoms with Gasteiger partial charge < -0.3 is 20.8 Å². The van der Waals surface area contributed by atoms with Crippen LogP contribution in [0.5, 0.6) is 0 Å². The van der Waals surface area contributed by atoms with E-state index in [4.69, 9.17) is 21.0 Å². The molecule has 1 saturated carbocycles. The minimum absolute atomic E-state index is 0.00912. The summed E-state index contributed by atoms with van der Waals surface area (Å²) < 4.78 is 7.28. The molecule has 2 fully saturated rings. The van der Waals surface area contributed by atoms with Crippen LogP contribution in [0.4, 0.5) is 5.82 Å². The van der Waals surface area contributed by atoms with Gasteiger partial charge in [0.2, 0.25) is 17.7 Å². The van der Waals surface area contributed by atoms with Crippen molar-refractivity contribution in [2.24, 2.45) is 5.73 Å². The number of hydrogen-bond acceptors (Lipinski definition) is 9. The number of hydrogen-bond donors (Lipinski definition) is 2. The SMILES string of the molecule is CN(CC=CC(=O)N1CCC(n2nc(-c3ccc(C(N)=O)c(-c4ncco4)c3)c3c(N)ncnc32)C1)C1CC1. The molecule has 0 bridgehead atoms. The fraction of sp³-hybridized carbons (Fsp3) is 0.333. The highest BCUT2D eigenvalue weighted by Gasteiger charge is 2.31. The fourth-order valence-corrected chi connectivity index (χ4v) is 5.12. The van der Waals surface area contributed by atoms with Gasteiger partial charge >= 0.3 is 0 Å². The van der Waals surface area contributed by atoms with E-state index in [1.54, 1.807) is 24.3 Å². The highest BCUT2D eigenvalue weighted by molar-refractivity contribution is 6.02. The third-order valence-electron chi connectivity index (χ3n) is 7.38. The van der Waals surface area contributed by atoms with Crippen LogP contribution in [0.3, 0.4) is 0 Å². The predicted molar refractivity (Wildman–Crippen MR) is 144 cm³/mol. The number of amides is 2. The van der Waals surface area contributed by atoms with E-state index in [2.05, 4.69) is 26.9 Å². The van der Waals surface area contributed by atoms with Gasteiger partial charge in [0.25, 0.3) is 0 Å². The molecule has 39 heavy (non-hydrogen) atoms. The first-order valence-corrected chi connectivity index (χ1v) is 12.9. The second kappa shape index (κ2) is 9.95. The summed E-state index contributed by atoms with van der Waals surface area (Å²) in [5.74, 6) is -0.0615. The van der Waals surface area contributed by atoms with Gasteiger partial charge in [-0.3, -0.25) is 14.5 Å². The first-order chi connectivity index (χ1) is 18.9. The lowest BCUT2D eigenvalue weighted by Crippen LogP contribution is -2.28. The molecule has 4 aromatic rings. The molecule has 2 amide bonds.